The van der Waals surface area contributed by atoms with E-state index in [1.54, 1.807) is 19.1 Å². The molecule has 0 radical (unpaired) electrons. The zero-order valence-electron chi connectivity index (χ0n) is 8.49. The number of carboxylic acids is 1. The molecule has 0 aromatic heterocycles. The van der Waals surface area contributed by atoms with Gasteiger partial charge in [-0.2, -0.15) is 0 Å². The van der Waals surface area contributed by atoms with Gasteiger partial charge in [-0.3, -0.25) is 0 Å². The highest BCUT2D eigenvalue weighted by molar-refractivity contribution is 5.95. The van der Waals surface area contributed by atoms with Crippen molar-refractivity contribution in [3.63, 3.8) is 0 Å². The number of carboxylic acid groups (broad SMARTS) is 1. The van der Waals surface area contributed by atoms with Crippen LogP contribution in [0, 0.1) is 6.92 Å². The van der Waals surface area contributed by atoms with Crippen molar-refractivity contribution >= 4 is 11.7 Å². The molecule has 0 bridgehead atoms. The number of ether oxygens (including phenoxy) is 1. The molecule has 3 N–H and O–H groups in total. The summed E-state index contributed by atoms with van der Waals surface area (Å²) in [5.41, 5.74) is 6.70. The van der Waals surface area contributed by atoms with Crippen LogP contribution in [0.4, 0.5) is 5.69 Å². The highest BCUT2D eigenvalue weighted by atomic mass is 16.5. The lowest BCUT2D eigenvalue weighted by Crippen LogP contribution is -2.06. The van der Waals surface area contributed by atoms with Crippen LogP contribution in [0.25, 0.3) is 0 Å². The minimum atomic E-state index is -1.06. The van der Waals surface area contributed by atoms with Gasteiger partial charge in [-0.05, 0) is 18.6 Å². The molecule has 0 amide bonds. The maximum Gasteiger partial charge on any atom is 0.337 e. The standard InChI is InChI=1S/C11H13NO3/c1-3-6-15-10-7(2)4-5-8(9(10)12)11(13)14/h3-5H,1,6,12H2,2H3,(H,13,14). The summed E-state index contributed by atoms with van der Waals surface area (Å²) in [6.45, 7) is 5.62. The molecule has 0 aliphatic carbocycles. The van der Waals surface area contributed by atoms with Crippen molar-refractivity contribution in [3.05, 3.63) is 35.9 Å². The summed E-state index contributed by atoms with van der Waals surface area (Å²) < 4.78 is 5.30. The molecule has 0 unspecified atom stereocenters. The van der Waals surface area contributed by atoms with Crippen LogP contribution in [0.5, 0.6) is 5.75 Å². The molecule has 1 aromatic carbocycles. The van der Waals surface area contributed by atoms with E-state index in [0.717, 1.165) is 5.56 Å². The fourth-order valence-corrected chi connectivity index (χ4v) is 1.23. The normalized spacial score (nSPS) is 9.67. The number of nitrogens with two attached hydrogens (primary N) is 1. The number of aromatic carboxylic acids is 1. The summed E-state index contributed by atoms with van der Waals surface area (Å²) in [6.07, 6.45) is 1.58. The van der Waals surface area contributed by atoms with E-state index in [2.05, 4.69) is 6.58 Å². The Kier molecular flexibility index (Phi) is 3.33. The van der Waals surface area contributed by atoms with Crippen LogP contribution in [-0.2, 0) is 0 Å². The van der Waals surface area contributed by atoms with Crippen LogP contribution >= 0.6 is 0 Å². The van der Waals surface area contributed by atoms with Crippen molar-refractivity contribution in [1.82, 2.24) is 0 Å². The molecular formula is C11H13NO3. The highest BCUT2D eigenvalue weighted by Crippen LogP contribution is 2.29. The van der Waals surface area contributed by atoms with Gasteiger partial charge in [0.25, 0.3) is 0 Å². The van der Waals surface area contributed by atoms with E-state index in [-0.39, 0.29) is 11.3 Å². The Labute approximate surface area is 88.0 Å². The van der Waals surface area contributed by atoms with E-state index in [9.17, 15) is 4.79 Å². The lowest BCUT2D eigenvalue weighted by Gasteiger charge is -2.11. The minimum absolute atomic E-state index is 0.0552. The first-order valence-corrected chi connectivity index (χ1v) is 4.44. The first kappa shape index (κ1) is 11.1. The molecule has 0 atom stereocenters. The quantitative estimate of drug-likeness (QED) is 0.583. The van der Waals surface area contributed by atoms with Gasteiger partial charge in [0.1, 0.15) is 12.4 Å². The smallest absolute Gasteiger partial charge is 0.337 e. The second-order valence-electron chi connectivity index (χ2n) is 3.08. The van der Waals surface area contributed by atoms with Crippen LogP contribution in [0.15, 0.2) is 24.8 Å². The highest BCUT2D eigenvalue weighted by Gasteiger charge is 2.14. The zero-order valence-corrected chi connectivity index (χ0v) is 8.49. The van der Waals surface area contributed by atoms with E-state index in [1.807, 2.05) is 0 Å². The molecule has 4 heteroatoms. The summed E-state index contributed by atoms with van der Waals surface area (Å²) >= 11 is 0. The summed E-state index contributed by atoms with van der Waals surface area (Å²) in [4.78, 5) is 10.8. The lowest BCUT2D eigenvalue weighted by atomic mass is 10.1. The molecule has 4 nitrogen and oxygen atoms in total. The molecule has 0 saturated carbocycles. The number of benzene rings is 1. The van der Waals surface area contributed by atoms with E-state index in [1.165, 1.54) is 6.07 Å². The first-order valence-electron chi connectivity index (χ1n) is 4.44. The monoisotopic (exact) mass is 207 g/mol. The van der Waals surface area contributed by atoms with Gasteiger partial charge in [0.15, 0.2) is 0 Å². The summed E-state index contributed by atoms with van der Waals surface area (Å²) in [6, 6.07) is 3.13. The Morgan fingerprint density at radius 1 is 1.67 bits per heavy atom. The van der Waals surface area contributed by atoms with Gasteiger partial charge in [-0.1, -0.05) is 18.7 Å². The Hall–Kier alpha value is -1.97. The van der Waals surface area contributed by atoms with Gasteiger partial charge in [0.2, 0.25) is 0 Å². The molecule has 1 aromatic rings. The second kappa shape index (κ2) is 4.50. The summed E-state index contributed by atoms with van der Waals surface area (Å²) in [5.74, 6) is -0.647. The molecule has 1 rings (SSSR count). The molecule has 0 saturated heterocycles. The Morgan fingerprint density at radius 2 is 2.33 bits per heavy atom. The van der Waals surface area contributed by atoms with Crippen molar-refractivity contribution in [3.8, 4) is 5.75 Å². The molecular weight excluding hydrogens is 194 g/mol. The number of aryl methyl sites for hydroxylation is 1. The summed E-state index contributed by atoms with van der Waals surface area (Å²) in [5, 5.41) is 8.85. The van der Waals surface area contributed by atoms with Crippen molar-refractivity contribution in [2.24, 2.45) is 0 Å². The average molecular weight is 207 g/mol. The van der Waals surface area contributed by atoms with Gasteiger partial charge < -0.3 is 15.6 Å². The van der Waals surface area contributed by atoms with Crippen LogP contribution in [0.1, 0.15) is 15.9 Å². The van der Waals surface area contributed by atoms with Crippen molar-refractivity contribution in [2.45, 2.75) is 6.92 Å². The predicted octanol–water partition coefficient (Wildman–Crippen LogP) is 1.84. The van der Waals surface area contributed by atoms with Crippen molar-refractivity contribution < 1.29 is 14.6 Å². The third kappa shape index (κ3) is 2.28. The molecule has 0 heterocycles. The molecule has 0 aliphatic heterocycles. The fourth-order valence-electron chi connectivity index (χ4n) is 1.23. The van der Waals surface area contributed by atoms with Crippen LogP contribution < -0.4 is 10.5 Å². The van der Waals surface area contributed by atoms with Crippen LogP contribution in [-0.4, -0.2) is 17.7 Å². The SMILES string of the molecule is C=CCOc1c(C)ccc(C(=O)O)c1N. The molecule has 0 fully saturated rings. The average Bonchev–Trinajstić information content (AvgIpc) is 2.17. The molecule has 15 heavy (non-hydrogen) atoms. The number of carbonyl (C=O) groups is 1. The Balaban J connectivity index is 3.17. The Bertz CT molecular complexity index is 399. The van der Waals surface area contributed by atoms with Gasteiger partial charge in [-0.25, -0.2) is 4.79 Å². The fraction of sp³-hybridized carbons (Fsp3) is 0.182. The van der Waals surface area contributed by atoms with Crippen molar-refractivity contribution in [1.29, 1.82) is 0 Å². The van der Waals surface area contributed by atoms with Gasteiger partial charge >= 0.3 is 5.97 Å². The number of hydrogen-bond donors (Lipinski definition) is 2. The van der Waals surface area contributed by atoms with E-state index in [4.69, 9.17) is 15.6 Å². The van der Waals surface area contributed by atoms with E-state index < -0.39 is 5.97 Å². The van der Waals surface area contributed by atoms with Crippen molar-refractivity contribution in [2.75, 3.05) is 12.3 Å². The third-order valence-corrected chi connectivity index (χ3v) is 1.97. The van der Waals surface area contributed by atoms with Crippen LogP contribution in [0.2, 0.25) is 0 Å². The molecule has 80 valence electrons. The third-order valence-electron chi connectivity index (χ3n) is 1.97. The predicted molar refractivity (Wildman–Crippen MR) is 58.2 cm³/mol. The maximum atomic E-state index is 10.8. The number of rotatable bonds is 4. The van der Waals surface area contributed by atoms with E-state index >= 15 is 0 Å². The molecule has 0 aliphatic rings. The second-order valence-corrected chi connectivity index (χ2v) is 3.08. The van der Waals surface area contributed by atoms with Gasteiger partial charge in [0, 0.05) is 0 Å². The maximum absolute atomic E-state index is 10.8. The largest absolute Gasteiger partial charge is 0.487 e. The van der Waals surface area contributed by atoms with Gasteiger partial charge in [-0.15, -0.1) is 0 Å². The lowest BCUT2D eigenvalue weighted by molar-refractivity contribution is 0.0697. The van der Waals surface area contributed by atoms with E-state index in [0.29, 0.717) is 12.4 Å². The van der Waals surface area contributed by atoms with Gasteiger partial charge in [0.05, 0.1) is 11.3 Å². The minimum Gasteiger partial charge on any atom is -0.487 e. The molecule has 0 spiro atoms. The number of anilines is 1. The zero-order chi connectivity index (χ0) is 11.4. The van der Waals surface area contributed by atoms with Crippen LogP contribution in [0.3, 0.4) is 0 Å². The first-order chi connectivity index (χ1) is 7.07. The summed E-state index contributed by atoms with van der Waals surface area (Å²) in [7, 11) is 0. The Morgan fingerprint density at radius 3 is 2.87 bits per heavy atom. The topological polar surface area (TPSA) is 72.5 Å². The number of nitrogen functional groups attached to an aromatic ring is 1. The number of hydrogen-bond acceptors (Lipinski definition) is 3.